The van der Waals surface area contributed by atoms with E-state index in [0.717, 1.165) is 37.3 Å². The van der Waals surface area contributed by atoms with Crippen molar-refractivity contribution in [3.8, 4) is 0 Å². The molecule has 1 aliphatic heterocycles. The first kappa shape index (κ1) is 16.8. The number of nitrogens with zero attached hydrogens (tertiary/aromatic N) is 1. The van der Waals surface area contributed by atoms with Crippen molar-refractivity contribution in [3.05, 3.63) is 28.2 Å². The van der Waals surface area contributed by atoms with E-state index in [-0.39, 0.29) is 5.54 Å². The van der Waals surface area contributed by atoms with Gasteiger partial charge in [0.05, 0.1) is 18.8 Å². The maximum Gasteiger partial charge on any atom is 0.0694 e. The van der Waals surface area contributed by atoms with Crippen LogP contribution in [0.2, 0.25) is 0 Å². The highest BCUT2D eigenvalue weighted by Crippen LogP contribution is 2.31. The Bertz CT molecular complexity index is 474. The second-order valence-corrected chi connectivity index (χ2v) is 7.73. The van der Waals surface area contributed by atoms with Crippen molar-refractivity contribution in [2.45, 2.75) is 39.8 Å². The predicted octanol–water partition coefficient (Wildman–Crippen LogP) is 3.81. The highest BCUT2D eigenvalue weighted by molar-refractivity contribution is 9.10. The van der Waals surface area contributed by atoms with E-state index in [1.54, 1.807) is 0 Å². The molecule has 21 heavy (non-hydrogen) atoms. The molecule has 0 radical (unpaired) electrons. The molecule has 1 saturated heterocycles. The number of ether oxygens (including phenoxy) is 1. The number of halogens is 1. The molecule has 3 nitrogen and oxygen atoms in total. The molecule has 1 aromatic rings. The number of morpholine rings is 1. The van der Waals surface area contributed by atoms with Crippen LogP contribution in [0.4, 0.5) is 5.69 Å². The third-order valence-corrected chi connectivity index (χ3v) is 4.34. The summed E-state index contributed by atoms with van der Waals surface area (Å²) in [5.41, 5.74) is 2.71. The van der Waals surface area contributed by atoms with Crippen LogP contribution in [-0.4, -0.2) is 31.8 Å². The van der Waals surface area contributed by atoms with Crippen LogP contribution in [0.15, 0.2) is 22.7 Å². The summed E-state index contributed by atoms with van der Waals surface area (Å²) in [7, 11) is 0. The van der Waals surface area contributed by atoms with E-state index in [2.05, 4.69) is 72.0 Å². The Morgan fingerprint density at radius 2 is 2.14 bits per heavy atom. The first-order valence-corrected chi connectivity index (χ1v) is 8.54. The van der Waals surface area contributed by atoms with Gasteiger partial charge in [-0.25, -0.2) is 0 Å². The molecule has 0 spiro atoms. The van der Waals surface area contributed by atoms with Gasteiger partial charge in [-0.05, 0) is 50.1 Å². The largest absolute Gasteiger partial charge is 0.377 e. The first-order valence-electron chi connectivity index (χ1n) is 7.74. The van der Waals surface area contributed by atoms with Gasteiger partial charge < -0.3 is 15.0 Å². The number of hydrogen-bond donors (Lipinski definition) is 1. The Morgan fingerprint density at radius 1 is 1.38 bits per heavy atom. The summed E-state index contributed by atoms with van der Waals surface area (Å²) >= 11 is 3.60. The number of rotatable bonds is 5. The minimum Gasteiger partial charge on any atom is -0.377 e. The van der Waals surface area contributed by atoms with E-state index < -0.39 is 0 Å². The van der Waals surface area contributed by atoms with Crippen molar-refractivity contribution < 1.29 is 4.74 Å². The molecule has 1 N–H and O–H groups in total. The fourth-order valence-corrected chi connectivity index (χ4v) is 3.17. The fraction of sp³-hybridized carbons (Fsp3) is 0.647. The number of hydrogen-bond acceptors (Lipinski definition) is 3. The summed E-state index contributed by atoms with van der Waals surface area (Å²) in [6.07, 6.45) is 0. The summed E-state index contributed by atoms with van der Waals surface area (Å²) in [6.45, 7) is 13.4. The van der Waals surface area contributed by atoms with Crippen LogP contribution < -0.4 is 10.2 Å². The average molecular weight is 355 g/mol. The van der Waals surface area contributed by atoms with E-state index >= 15 is 0 Å². The van der Waals surface area contributed by atoms with E-state index in [1.165, 1.54) is 11.3 Å². The Morgan fingerprint density at radius 3 is 2.81 bits per heavy atom. The molecule has 0 aliphatic carbocycles. The summed E-state index contributed by atoms with van der Waals surface area (Å²) in [5, 5.41) is 3.56. The van der Waals surface area contributed by atoms with E-state index in [1.807, 2.05) is 0 Å². The predicted molar refractivity (Wildman–Crippen MR) is 92.9 cm³/mol. The molecule has 0 atom stereocenters. The van der Waals surface area contributed by atoms with Crippen LogP contribution in [0, 0.1) is 5.92 Å². The highest BCUT2D eigenvalue weighted by Gasteiger charge is 2.31. The Kier molecular flexibility index (Phi) is 5.69. The number of benzene rings is 1. The Labute approximate surface area is 137 Å². The quantitative estimate of drug-likeness (QED) is 0.869. The van der Waals surface area contributed by atoms with Gasteiger partial charge >= 0.3 is 0 Å². The van der Waals surface area contributed by atoms with E-state index in [4.69, 9.17) is 4.74 Å². The van der Waals surface area contributed by atoms with Gasteiger partial charge in [-0.2, -0.15) is 0 Å². The maximum absolute atomic E-state index is 5.65. The number of anilines is 1. The highest BCUT2D eigenvalue weighted by atomic mass is 79.9. The first-order chi connectivity index (χ1) is 9.90. The van der Waals surface area contributed by atoms with E-state index in [9.17, 15) is 0 Å². The molecule has 1 aliphatic rings. The molecule has 1 heterocycles. The summed E-state index contributed by atoms with van der Waals surface area (Å²) in [6, 6.07) is 6.59. The summed E-state index contributed by atoms with van der Waals surface area (Å²) in [5.74, 6) is 0.667. The lowest BCUT2D eigenvalue weighted by molar-refractivity contribution is 0.0643. The molecule has 0 bridgehead atoms. The molecule has 4 heteroatoms. The second kappa shape index (κ2) is 7.12. The lowest BCUT2D eigenvalue weighted by atomic mass is 9.99. The van der Waals surface area contributed by atoms with Crippen molar-refractivity contribution in [2.24, 2.45) is 5.92 Å². The molecule has 0 saturated carbocycles. The Balaban J connectivity index is 2.21. The topological polar surface area (TPSA) is 24.5 Å². The van der Waals surface area contributed by atoms with E-state index in [0.29, 0.717) is 5.92 Å². The summed E-state index contributed by atoms with van der Waals surface area (Å²) in [4.78, 5) is 2.48. The third kappa shape index (κ3) is 4.44. The zero-order chi connectivity index (χ0) is 15.5. The fourth-order valence-electron chi connectivity index (χ4n) is 2.76. The van der Waals surface area contributed by atoms with Crippen molar-refractivity contribution in [3.63, 3.8) is 0 Å². The van der Waals surface area contributed by atoms with Crippen LogP contribution in [-0.2, 0) is 11.3 Å². The van der Waals surface area contributed by atoms with Crippen LogP contribution >= 0.6 is 15.9 Å². The summed E-state index contributed by atoms with van der Waals surface area (Å²) < 4.78 is 6.78. The zero-order valence-electron chi connectivity index (χ0n) is 13.6. The normalized spacial score (nSPS) is 18.3. The third-order valence-electron chi connectivity index (χ3n) is 3.85. The minimum absolute atomic E-state index is 0.0406. The van der Waals surface area contributed by atoms with Gasteiger partial charge in [0, 0.05) is 23.2 Å². The van der Waals surface area contributed by atoms with Gasteiger partial charge in [0.25, 0.3) is 0 Å². The lowest BCUT2D eigenvalue weighted by Gasteiger charge is -2.44. The average Bonchev–Trinajstić information content (AvgIpc) is 2.39. The van der Waals surface area contributed by atoms with Gasteiger partial charge in [0.15, 0.2) is 0 Å². The standard InChI is InChI=1S/C17H27BrN2O/c1-13(2)10-19-11-14-9-15(18)5-6-16(14)20-7-8-21-12-17(20,3)4/h5-6,9,13,19H,7-8,10-12H2,1-4H3. The van der Waals surface area contributed by atoms with Gasteiger partial charge in [-0.3, -0.25) is 0 Å². The van der Waals surface area contributed by atoms with Crippen LogP contribution in [0.25, 0.3) is 0 Å². The molecule has 0 unspecified atom stereocenters. The molecule has 0 amide bonds. The molecule has 118 valence electrons. The lowest BCUT2D eigenvalue weighted by Crippen LogP contribution is -2.53. The van der Waals surface area contributed by atoms with Crippen molar-refractivity contribution in [2.75, 3.05) is 31.2 Å². The molecule has 1 fully saturated rings. The van der Waals surface area contributed by atoms with Crippen LogP contribution in [0.3, 0.4) is 0 Å². The monoisotopic (exact) mass is 354 g/mol. The van der Waals surface area contributed by atoms with Crippen LogP contribution in [0.5, 0.6) is 0 Å². The molecule has 2 rings (SSSR count). The maximum atomic E-state index is 5.65. The minimum atomic E-state index is 0.0406. The smallest absolute Gasteiger partial charge is 0.0694 e. The van der Waals surface area contributed by atoms with Crippen molar-refractivity contribution >= 4 is 21.6 Å². The second-order valence-electron chi connectivity index (χ2n) is 6.81. The van der Waals surface area contributed by atoms with Gasteiger partial charge in [-0.1, -0.05) is 29.8 Å². The Hall–Kier alpha value is -0.580. The SMILES string of the molecule is CC(C)CNCc1cc(Br)ccc1N1CCOCC1(C)C. The van der Waals surface area contributed by atoms with Gasteiger partial charge in [-0.15, -0.1) is 0 Å². The van der Waals surface area contributed by atoms with Crippen LogP contribution in [0.1, 0.15) is 33.3 Å². The van der Waals surface area contributed by atoms with Crippen molar-refractivity contribution in [1.82, 2.24) is 5.32 Å². The van der Waals surface area contributed by atoms with Gasteiger partial charge in [0.2, 0.25) is 0 Å². The number of nitrogens with one attached hydrogen (secondary N) is 1. The van der Waals surface area contributed by atoms with Crippen molar-refractivity contribution in [1.29, 1.82) is 0 Å². The molecular formula is C17H27BrN2O. The molecule has 1 aromatic carbocycles. The molecule has 0 aromatic heterocycles. The zero-order valence-corrected chi connectivity index (χ0v) is 15.2. The van der Waals surface area contributed by atoms with Gasteiger partial charge in [0.1, 0.15) is 0 Å². The molecular weight excluding hydrogens is 328 g/mol.